The van der Waals surface area contributed by atoms with Crippen LogP contribution in [0.4, 0.5) is 11.5 Å². The van der Waals surface area contributed by atoms with E-state index in [9.17, 15) is 0 Å². The molecular weight excluding hydrogens is 268 g/mol. The van der Waals surface area contributed by atoms with Crippen molar-refractivity contribution in [1.82, 2.24) is 9.97 Å². The quantitative estimate of drug-likeness (QED) is 0.719. The van der Waals surface area contributed by atoms with Gasteiger partial charge < -0.3 is 11.1 Å². The highest BCUT2D eigenvalue weighted by Crippen LogP contribution is 2.23. The summed E-state index contributed by atoms with van der Waals surface area (Å²) in [6, 6.07) is 9.88. The van der Waals surface area contributed by atoms with Crippen molar-refractivity contribution < 1.29 is 0 Å². The zero-order valence-corrected chi connectivity index (χ0v) is 12.2. The van der Waals surface area contributed by atoms with Crippen LogP contribution in [0.15, 0.2) is 35.7 Å². The molecule has 1 atom stereocenters. The van der Waals surface area contributed by atoms with E-state index in [2.05, 4.69) is 27.6 Å². The van der Waals surface area contributed by atoms with Crippen molar-refractivity contribution in [1.29, 1.82) is 0 Å². The van der Waals surface area contributed by atoms with E-state index < -0.39 is 0 Å². The summed E-state index contributed by atoms with van der Waals surface area (Å²) in [6.45, 7) is 4.10. The minimum atomic E-state index is 0.146. The second-order valence-corrected chi connectivity index (χ2v) is 5.73. The first-order valence-corrected chi connectivity index (χ1v) is 7.34. The molecule has 2 heterocycles. The highest BCUT2D eigenvalue weighted by atomic mass is 32.1. The molecule has 102 valence electrons. The predicted molar refractivity (Wildman–Crippen MR) is 85.0 cm³/mol. The lowest BCUT2D eigenvalue weighted by Crippen LogP contribution is -2.07. The molecule has 0 aliphatic rings. The molecule has 2 aromatic heterocycles. The average molecular weight is 284 g/mol. The van der Waals surface area contributed by atoms with Crippen LogP contribution in [0.5, 0.6) is 0 Å². The lowest BCUT2D eigenvalue weighted by atomic mass is 10.2. The summed E-state index contributed by atoms with van der Waals surface area (Å²) in [7, 11) is 0. The second-order valence-electron chi connectivity index (χ2n) is 4.84. The fourth-order valence-electron chi connectivity index (χ4n) is 2.08. The first-order valence-electron chi connectivity index (χ1n) is 6.47. The SMILES string of the molecule is Cc1csc(C(C)Nc2ccc3cc(N)ccc3n2)n1. The summed E-state index contributed by atoms with van der Waals surface area (Å²) in [4.78, 5) is 9.09. The molecule has 0 bridgehead atoms. The zero-order chi connectivity index (χ0) is 14.1. The monoisotopic (exact) mass is 284 g/mol. The number of hydrogen-bond donors (Lipinski definition) is 2. The van der Waals surface area contributed by atoms with Crippen molar-refractivity contribution in [2.24, 2.45) is 0 Å². The number of nitrogens with two attached hydrogens (primary N) is 1. The maximum Gasteiger partial charge on any atom is 0.127 e. The molecule has 3 aromatic rings. The summed E-state index contributed by atoms with van der Waals surface area (Å²) in [5, 5.41) is 7.56. The Bertz CT molecular complexity index is 750. The van der Waals surface area contributed by atoms with E-state index in [0.29, 0.717) is 0 Å². The Labute approximate surface area is 121 Å². The van der Waals surface area contributed by atoms with E-state index in [-0.39, 0.29) is 6.04 Å². The molecule has 5 heteroatoms. The van der Waals surface area contributed by atoms with Gasteiger partial charge in [0.2, 0.25) is 0 Å². The van der Waals surface area contributed by atoms with Gasteiger partial charge in [-0.05, 0) is 44.2 Å². The standard InChI is InChI=1S/C15H16N4S/c1-9-8-20-15(17-9)10(2)18-14-6-3-11-7-12(16)4-5-13(11)19-14/h3-8,10H,16H2,1-2H3,(H,18,19). The Kier molecular flexibility index (Phi) is 3.28. The number of nitrogens with zero attached hydrogens (tertiary/aromatic N) is 2. The van der Waals surface area contributed by atoms with Gasteiger partial charge in [-0.25, -0.2) is 9.97 Å². The van der Waals surface area contributed by atoms with Crippen molar-refractivity contribution in [3.8, 4) is 0 Å². The van der Waals surface area contributed by atoms with Gasteiger partial charge in [0.05, 0.1) is 11.6 Å². The van der Waals surface area contributed by atoms with Gasteiger partial charge in [0.1, 0.15) is 10.8 Å². The number of fused-ring (bicyclic) bond motifs is 1. The fraction of sp³-hybridized carbons (Fsp3) is 0.200. The van der Waals surface area contributed by atoms with E-state index in [4.69, 9.17) is 5.73 Å². The fourth-order valence-corrected chi connectivity index (χ4v) is 2.88. The minimum Gasteiger partial charge on any atom is -0.399 e. The number of thiazole rings is 1. The largest absolute Gasteiger partial charge is 0.399 e. The molecule has 3 N–H and O–H groups in total. The van der Waals surface area contributed by atoms with Crippen LogP contribution in [-0.4, -0.2) is 9.97 Å². The molecule has 0 aliphatic carbocycles. The highest BCUT2D eigenvalue weighted by Gasteiger charge is 2.10. The lowest BCUT2D eigenvalue weighted by Gasteiger charge is -2.12. The number of pyridine rings is 1. The Morgan fingerprint density at radius 3 is 2.80 bits per heavy atom. The number of anilines is 2. The Balaban J connectivity index is 1.85. The molecule has 0 saturated carbocycles. The number of aryl methyl sites for hydroxylation is 1. The first kappa shape index (κ1) is 12.9. The summed E-state index contributed by atoms with van der Waals surface area (Å²) < 4.78 is 0. The van der Waals surface area contributed by atoms with Gasteiger partial charge in [-0.2, -0.15) is 0 Å². The smallest absolute Gasteiger partial charge is 0.127 e. The summed E-state index contributed by atoms with van der Waals surface area (Å²) in [5.74, 6) is 0.850. The Morgan fingerprint density at radius 1 is 1.20 bits per heavy atom. The second kappa shape index (κ2) is 5.09. The van der Waals surface area contributed by atoms with Gasteiger partial charge in [-0.15, -0.1) is 11.3 Å². The summed E-state index contributed by atoms with van der Waals surface area (Å²) in [5.41, 5.74) is 8.52. The zero-order valence-electron chi connectivity index (χ0n) is 11.4. The van der Waals surface area contributed by atoms with Crippen molar-refractivity contribution in [2.75, 3.05) is 11.1 Å². The van der Waals surface area contributed by atoms with Crippen LogP contribution in [0.25, 0.3) is 10.9 Å². The normalized spacial score (nSPS) is 12.5. The molecule has 0 spiro atoms. The van der Waals surface area contributed by atoms with Crippen molar-refractivity contribution >= 4 is 33.7 Å². The maximum absolute atomic E-state index is 5.77. The van der Waals surface area contributed by atoms with E-state index in [1.807, 2.05) is 37.3 Å². The van der Waals surface area contributed by atoms with E-state index >= 15 is 0 Å². The van der Waals surface area contributed by atoms with E-state index in [1.54, 1.807) is 11.3 Å². The van der Waals surface area contributed by atoms with Gasteiger partial charge >= 0.3 is 0 Å². The van der Waals surface area contributed by atoms with Crippen LogP contribution in [0.3, 0.4) is 0 Å². The first-order chi connectivity index (χ1) is 9.61. The molecule has 0 fully saturated rings. The van der Waals surface area contributed by atoms with Crippen LogP contribution in [0.1, 0.15) is 23.7 Å². The van der Waals surface area contributed by atoms with Crippen LogP contribution >= 0.6 is 11.3 Å². The van der Waals surface area contributed by atoms with Crippen LogP contribution in [0.2, 0.25) is 0 Å². The molecule has 1 unspecified atom stereocenters. The van der Waals surface area contributed by atoms with Crippen LogP contribution in [0, 0.1) is 6.92 Å². The molecule has 1 aromatic carbocycles. The Morgan fingerprint density at radius 2 is 2.05 bits per heavy atom. The van der Waals surface area contributed by atoms with Crippen LogP contribution < -0.4 is 11.1 Å². The van der Waals surface area contributed by atoms with Gasteiger partial charge in [0, 0.05) is 22.1 Å². The minimum absolute atomic E-state index is 0.146. The number of nitrogens with one attached hydrogen (secondary N) is 1. The summed E-state index contributed by atoms with van der Waals surface area (Å²) in [6.07, 6.45) is 0. The van der Waals surface area contributed by atoms with Gasteiger partial charge in [-0.1, -0.05) is 0 Å². The number of hydrogen-bond acceptors (Lipinski definition) is 5. The molecular formula is C15H16N4S. The highest BCUT2D eigenvalue weighted by molar-refractivity contribution is 7.09. The molecule has 0 aliphatic heterocycles. The molecule has 3 rings (SSSR count). The summed E-state index contributed by atoms with van der Waals surface area (Å²) >= 11 is 1.66. The molecule has 0 radical (unpaired) electrons. The third-order valence-corrected chi connectivity index (χ3v) is 4.23. The van der Waals surface area contributed by atoms with Gasteiger partial charge in [0.15, 0.2) is 0 Å². The van der Waals surface area contributed by atoms with Gasteiger partial charge in [0.25, 0.3) is 0 Å². The van der Waals surface area contributed by atoms with Gasteiger partial charge in [-0.3, -0.25) is 0 Å². The number of aromatic nitrogens is 2. The van der Waals surface area contributed by atoms with Crippen molar-refractivity contribution in [3.05, 3.63) is 46.4 Å². The Hall–Kier alpha value is -2.14. The molecule has 0 amide bonds. The average Bonchev–Trinajstić information content (AvgIpc) is 2.86. The molecule has 20 heavy (non-hydrogen) atoms. The lowest BCUT2D eigenvalue weighted by molar-refractivity contribution is 0.857. The predicted octanol–water partition coefficient (Wildman–Crippen LogP) is 3.76. The molecule has 4 nitrogen and oxygen atoms in total. The number of benzene rings is 1. The van der Waals surface area contributed by atoms with E-state index in [0.717, 1.165) is 33.1 Å². The van der Waals surface area contributed by atoms with E-state index in [1.165, 1.54) is 0 Å². The topological polar surface area (TPSA) is 63.8 Å². The maximum atomic E-state index is 5.77. The van der Waals surface area contributed by atoms with Crippen molar-refractivity contribution in [3.63, 3.8) is 0 Å². The third-order valence-electron chi connectivity index (χ3n) is 3.08. The molecule has 0 saturated heterocycles. The number of nitrogen functional groups attached to an aromatic ring is 1. The van der Waals surface area contributed by atoms with Crippen LogP contribution in [-0.2, 0) is 0 Å². The third kappa shape index (κ3) is 2.58. The number of rotatable bonds is 3. The van der Waals surface area contributed by atoms with Crippen molar-refractivity contribution in [2.45, 2.75) is 19.9 Å².